The number of aromatic nitrogens is 1. The second-order valence-electron chi connectivity index (χ2n) is 11.2. The monoisotopic (exact) mass is 488 g/mol. The molecule has 0 atom stereocenters. The molecule has 7 heteroatoms. The number of fused-ring (bicyclic) bond motifs is 1. The molecule has 0 bridgehead atoms. The van der Waals surface area contributed by atoms with Gasteiger partial charge in [0, 0.05) is 11.9 Å². The van der Waals surface area contributed by atoms with Crippen molar-refractivity contribution in [3.63, 3.8) is 0 Å². The van der Waals surface area contributed by atoms with Gasteiger partial charge in [0.1, 0.15) is 17.1 Å². The Morgan fingerprint density at radius 3 is 2.14 bits per heavy atom. The molecule has 0 aliphatic carbocycles. The van der Waals surface area contributed by atoms with E-state index in [2.05, 4.69) is 39.9 Å². The highest BCUT2D eigenvalue weighted by atomic mass is 16.6. The molecule has 0 spiro atoms. The summed E-state index contributed by atoms with van der Waals surface area (Å²) in [7, 11) is 0. The van der Waals surface area contributed by atoms with Crippen molar-refractivity contribution in [3.05, 3.63) is 34.2 Å². The topological polar surface area (TPSA) is 78.8 Å². The van der Waals surface area contributed by atoms with Crippen LogP contribution in [0.25, 0.3) is 10.8 Å². The largest absolute Gasteiger partial charge is 0.494 e. The fourth-order valence-electron chi connectivity index (χ4n) is 3.64. The fourth-order valence-corrected chi connectivity index (χ4v) is 3.64. The van der Waals surface area contributed by atoms with E-state index in [1.54, 1.807) is 4.57 Å². The highest BCUT2D eigenvalue weighted by Gasteiger charge is 2.24. The number of hydrogen-bond donors (Lipinski definition) is 1. The van der Waals surface area contributed by atoms with E-state index in [0.29, 0.717) is 42.3 Å². The van der Waals surface area contributed by atoms with Crippen LogP contribution >= 0.6 is 0 Å². The standard InChI is InChI=1S/C28H44N2O5/c1-9-11-15-33-20-13-14-21-22(17-20)25(31)30(19-27(3,4)5)23(24(21)34-16-12-10-2)18-29-26(32)35-28(6,7)8/h13-14,17H,9-12,15-16,18-19H2,1-8H3,(H,29,32). The summed E-state index contributed by atoms with van der Waals surface area (Å²) in [5, 5.41) is 4.10. The Kier molecular flexibility index (Phi) is 10.0. The number of unbranched alkanes of at least 4 members (excludes halogenated alkanes) is 2. The van der Waals surface area contributed by atoms with Crippen molar-refractivity contribution in [1.82, 2.24) is 9.88 Å². The van der Waals surface area contributed by atoms with Crippen molar-refractivity contribution in [2.75, 3.05) is 13.2 Å². The molecule has 196 valence electrons. The summed E-state index contributed by atoms with van der Waals surface area (Å²) in [5.74, 6) is 1.29. The van der Waals surface area contributed by atoms with Gasteiger partial charge in [0.05, 0.1) is 30.8 Å². The van der Waals surface area contributed by atoms with Crippen molar-refractivity contribution in [2.24, 2.45) is 5.41 Å². The lowest BCUT2D eigenvalue weighted by atomic mass is 9.96. The molecule has 0 unspecified atom stereocenters. The summed E-state index contributed by atoms with van der Waals surface area (Å²) in [5.41, 5.74) is -0.278. The molecule has 2 aromatic rings. The summed E-state index contributed by atoms with van der Waals surface area (Å²) in [6, 6.07) is 5.57. The summed E-state index contributed by atoms with van der Waals surface area (Å²) in [6.45, 7) is 17.6. The van der Waals surface area contributed by atoms with Crippen molar-refractivity contribution in [2.45, 2.75) is 99.8 Å². The highest BCUT2D eigenvalue weighted by molar-refractivity contribution is 5.89. The van der Waals surface area contributed by atoms with Gasteiger partial charge in [-0.2, -0.15) is 0 Å². The van der Waals surface area contributed by atoms with Gasteiger partial charge in [-0.05, 0) is 57.2 Å². The molecule has 0 aliphatic heterocycles. The van der Waals surface area contributed by atoms with Crippen LogP contribution in [-0.2, 0) is 17.8 Å². The van der Waals surface area contributed by atoms with Crippen molar-refractivity contribution >= 4 is 16.9 Å². The minimum absolute atomic E-state index is 0.117. The van der Waals surface area contributed by atoms with E-state index >= 15 is 0 Å². The van der Waals surface area contributed by atoms with Gasteiger partial charge in [0.25, 0.3) is 5.56 Å². The highest BCUT2D eigenvalue weighted by Crippen LogP contribution is 2.32. The molecular weight excluding hydrogens is 444 g/mol. The summed E-state index contributed by atoms with van der Waals surface area (Å²) in [4.78, 5) is 26.2. The van der Waals surface area contributed by atoms with Crippen LogP contribution in [-0.4, -0.2) is 29.5 Å². The SMILES string of the molecule is CCCCOc1ccc2c(OCCCC)c(CNC(=O)OC(C)(C)C)n(CC(C)(C)C)c(=O)c2c1. The normalized spacial score (nSPS) is 12.0. The zero-order chi connectivity index (χ0) is 26.2. The second kappa shape index (κ2) is 12.3. The molecule has 0 saturated heterocycles. The van der Waals surface area contributed by atoms with Crippen molar-refractivity contribution in [3.8, 4) is 11.5 Å². The van der Waals surface area contributed by atoms with Gasteiger partial charge in [0.15, 0.2) is 0 Å². The van der Waals surface area contributed by atoms with Crippen LogP contribution in [0.4, 0.5) is 4.79 Å². The Balaban J connectivity index is 2.63. The first kappa shape index (κ1) is 28.5. The van der Waals surface area contributed by atoms with Gasteiger partial charge in [-0.3, -0.25) is 4.79 Å². The molecule has 7 nitrogen and oxygen atoms in total. The van der Waals surface area contributed by atoms with E-state index in [1.165, 1.54) is 0 Å². The lowest BCUT2D eigenvalue weighted by Crippen LogP contribution is -2.36. The van der Waals surface area contributed by atoms with Gasteiger partial charge >= 0.3 is 6.09 Å². The lowest BCUT2D eigenvalue weighted by molar-refractivity contribution is 0.0521. The quantitative estimate of drug-likeness (QED) is 0.369. The number of rotatable bonds is 11. The Labute approximate surface area is 210 Å². The summed E-state index contributed by atoms with van der Waals surface area (Å²) in [6.07, 6.45) is 3.33. The van der Waals surface area contributed by atoms with Gasteiger partial charge in [-0.1, -0.05) is 47.5 Å². The van der Waals surface area contributed by atoms with Crippen molar-refractivity contribution < 1.29 is 19.0 Å². The van der Waals surface area contributed by atoms with E-state index in [9.17, 15) is 9.59 Å². The number of carbonyl (C=O) groups is 1. The first-order valence-corrected chi connectivity index (χ1v) is 12.8. The predicted molar refractivity (Wildman–Crippen MR) is 142 cm³/mol. The van der Waals surface area contributed by atoms with Crippen LogP contribution < -0.4 is 20.3 Å². The third-order valence-corrected chi connectivity index (χ3v) is 5.24. The number of carbonyl (C=O) groups excluding carboxylic acids is 1. The van der Waals surface area contributed by atoms with Gasteiger partial charge < -0.3 is 24.1 Å². The van der Waals surface area contributed by atoms with Crippen LogP contribution in [0.15, 0.2) is 23.0 Å². The summed E-state index contributed by atoms with van der Waals surface area (Å²) < 4.78 is 19.3. The van der Waals surface area contributed by atoms with Crippen LogP contribution in [0.1, 0.15) is 86.8 Å². The fraction of sp³-hybridized carbons (Fsp3) is 0.643. The summed E-state index contributed by atoms with van der Waals surface area (Å²) >= 11 is 0. The zero-order valence-corrected chi connectivity index (χ0v) is 22.9. The molecule has 1 N–H and O–H groups in total. The van der Waals surface area contributed by atoms with Crippen molar-refractivity contribution in [1.29, 1.82) is 0 Å². The van der Waals surface area contributed by atoms with Crippen LogP contribution in [0, 0.1) is 5.41 Å². The second-order valence-corrected chi connectivity index (χ2v) is 11.2. The van der Waals surface area contributed by atoms with E-state index in [-0.39, 0.29) is 17.5 Å². The lowest BCUT2D eigenvalue weighted by Gasteiger charge is -2.26. The predicted octanol–water partition coefficient (Wildman–Crippen LogP) is 6.43. The van der Waals surface area contributed by atoms with Crippen LogP contribution in [0.2, 0.25) is 0 Å². The average Bonchev–Trinajstić information content (AvgIpc) is 2.74. The van der Waals surface area contributed by atoms with E-state index in [1.807, 2.05) is 39.0 Å². The Morgan fingerprint density at radius 2 is 1.57 bits per heavy atom. The van der Waals surface area contributed by atoms with Gasteiger partial charge in [-0.15, -0.1) is 0 Å². The number of nitrogens with zero attached hydrogens (tertiary/aromatic N) is 1. The molecule has 0 radical (unpaired) electrons. The number of benzene rings is 1. The Bertz CT molecular complexity index is 1040. The van der Waals surface area contributed by atoms with Crippen LogP contribution in [0.3, 0.4) is 0 Å². The molecular formula is C28H44N2O5. The third-order valence-electron chi connectivity index (χ3n) is 5.24. The number of hydrogen-bond acceptors (Lipinski definition) is 5. The van der Waals surface area contributed by atoms with E-state index in [0.717, 1.165) is 31.1 Å². The number of alkyl carbamates (subject to hydrolysis) is 1. The van der Waals surface area contributed by atoms with Gasteiger partial charge in [0.2, 0.25) is 0 Å². The minimum Gasteiger partial charge on any atom is -0.494 e. The van der Waals surface area contributed by atoms with E-state index < -0.39 is 11.7 Å². The molecule has 0 saturated carbocycles. The first-order valence-electron chi connectivity index (χ1n) is 12.8. The zero-order valence-electron chi connectivity index (χ0n) is 22.9. The first-order chi connectivity index (χ1) is 16.4. The maximum Gasteiger partial charge on any atom is 0.407 e. The number of amides is 1. The molecule has 1 aromatic carbocycles. The molecule has 2 rings (SSSR count). The number of pyridine rings is 1. The molecule has 1 aromatic heterocycles. The molecule has 1 amide bonds. The van der Waals surface area contributed by atoms with E-state index in [4.69, 9.17) is 14.2 Å². The molecule has 35 heavy (non-hydrogen) atoms. The molecule has 0 aliphatic rings. The Hall–Kier alpha value is -2.70. The maximum atomic E-state index is 13.8. The smallest absolute Gasteiger partial charge is 0.407 e. The number of ether oxygens (including phenoxy) is 3. The number of nitrogens with one attached hydrogen (secondary N) is 1. The van der Waals surface area contributed by atoms with Crippen LogP contribution in [0.5, 0.6) is 11.5 Å². The average molecular weight is 489 g/mol. The Morgan fingerprint density at radius 1 is 0.943 bits per heavy atom. The van der Waals surface area contributed by atoms with Gasteiger partial charge in [-0.25, -0.2) is 4.79 Å². The third kappa shape index (κ3) is 8.79. The molecule has 1 heterocycles. The maximum absolute atomic E-state index is 13.8. The molecule has 0 fully saturated rings. The minimum atomic E-state index is -0.618.